The van der Waals surface area contributed by atoms with Gasteiger partial charge in [-0.15, -0.1) is 0 Å². The number of nitrogens with zero attached hydrogens (tertiary/aromatic N) is 1. The summed E-state index contributed by atoms with van der Waals surface area (Å²) in [5, 5.41) is 19.9. The Balaban J connectivity index is 2.26. The van der Waals surface area contributed by atoms with Crippen LogP contribution in [-0.2, 0) is 5.41 Å². The van der Waals surface area contributed by atoms with E-state index in [1.165, 1.54) is 6.07 Å². The normalized spacial score (nSPS) is 25.9. The Kier molecular flexibility index (Phi) is 2.36. The molecule has 3 rings (SSSR count). The topological polar surface area (TPSA) is 44.0 Å². The van der Waals surface area contributed by atoms with Gasteiger partial charge in [-0.05, 0) is 23.4 Å². The Bertz CT molecular complexity index is 661. The van der Waals surface area contributed by atoms with Crippen molar-refractivity contribution in [1.29, 1.82) is 5.26 Å². The van der Waals surface area contributed by atoms with Crippen molar-refractivity contribution in [2.45, 2.75) is 11.8 Å². The molecule has 3 heteroatoms. The summed E-state index contributed by atoms with van der Waals surface area (Å²) in [5.74, 6) is -0.306. The summed E-state index contributed by atoms with van der Waals surface area (Å²) in [6, 6.07) is 12.6. The lowest BCUT2D eigenvalue weighted by Crippen LogP contribution is -2.10. The monoisotopic (exact) mass is 241 g/mol. The molecule has 90 valence electrons. The maximum Gasteiger partial charge on any atom is 0.131 e. The highest BCUT2D eigenvalue weighted by atomic mass is 19.1. The van der Waals surface area contributed by atoms with Gasteiger partial charge in [0.05, 0.1) is 11.5 Å². The zero-order valence-corrected chi connectivity index (χ0v) is 9.73. The van der Waals surface area contributed by atoms with Crippen molar-refractivity contribution in [1.82, 2.24) is 0 Å². The van der Waals surface area contributed by atoms with E-state index >= 15 is 0 Å². The smallest absolute Gasteiger partial charge is 0.131 e. The third-order valence-electron chi connectivity index (χ3n) is 3.88. The summed E-state index contributed by atoms with van der Waals surface area (Å²) >= 11 is 0. The number of fused-ring (bicyclic) bond motifs is 1. The first kappa shape index (κ1) is 11.2. The highest BCUT2D eigenvalue weighted by Crippen LogP contribution is 2.55. The first-order chi connectivity index (χ1) is 8.73. The summed E-state index contributed by atoms with van der Waals surface area (Å²) in [6.45, 7) is -0.000731. The Labute approximate surface area is 104 Å². The fourth-order valence-corrected chi connectivity index (χ4v) is 2.73. The van der Waals surface area contributed by atoms with Crippen LogP contribution in [0.4, 0.5) is 4.39 Å². The molecule has 0 unspecified atom stereocenters. The maximum absolute atomic E-state index is 13.7. The Morgan fingerprint density at radius 1 is 1.28 bits per heavy atom. The van der Waals surface area contributed by atoms with Crippen LogP contribution in [0.3, 0.4) is 0 Å². The van der Waals surface area contributed by atoms with Gasteiger partial charge >= 0.3 is 0 Å². The van der Waals surface area contributed by atoms with Gasteiger partial charge in [-0.2, -0.15) is 5.26 Å². The van der Waals surface area contributed by atoms with Crippen LogP contribution in [0.2, 0.25) is 0 Å². The van der Waals surface area contributed by atoms with E-state index in [9.17, 15) is 14.8 Å². The molecule has 0 aliphatic heterocycles. The molecule has 2 aromatic rings. The molecule has 1 saturated carbocycles. The largest absolute Gasteiger partial charge is 0.396 e. The average Bonchev–Trinajstić information content (AvgIpc) is 3.14. The number of hydrogen-bond donors (Lipinski definition) is 1. The van der Waals surface area contributed by atoms with Gasteiger partial charge in [-0.1, -0.05) is 30.3 Å². The van der Waals surface area contributed by atoms with Crippen LogP contribution in [-0.4, -0.2) is 11.7 Å². The van der Waals surface area contributed by atoms with Crippen LogP contribution in [0.5, 0.6) is 0 Å². The fraction of sp³-hybridized carbons (Fsp3) is 0.267. The molecule has 0 aromatic heterocycles. The minimum absolute atomic E-state index is 0.000731. The number of benzene rings is 2. The SMILES string of the molecule is N#C[C@]1(c2ccc(F)c3ccccc23)C[C@@H]1CO. The van der Waals surface area contributed by atoms with Crippen molar-refractivity contribution < 1.29 is 9.50 Å². The molecule has 1 aliphatic carbocycles. The van der Waals surface area contributed by atoms with Crippen LogP contribution in [0.1, 0.15) is 12.0 Å². The molecule has 0 saturated heterocycles. The second-order valence-electron chi connectivity index (χ2n) is 4.81. The maximum atomic E-state index is 13.7. The van der Waals surface area contributed by atoms with E-state index < -0.39 is 5.41 Å². The first-order valence-electron chi connectivity index (χ1n) is 5.93. The summed E-state index contributed by atoms with van der Waals surface area (Å²) in [5.41, 5.74) is 0.197. The van der Waals surface area contributed by atoms with E-state index in [1.54, 1.807) is 18.2 Å². The van der Waals surface area contributed by atoms with Gasteiger partial charge in [0.1, 0.15) is 5.82 Å². The fourth-order valence-electron chi connectivity index (χ4n) is 2.73. The van der Waals surface area contributed by atoms with Gasteiger partial charge in [-0.25, -0.2) is 4.39 Å². The zero-order chi connectivity index (χ0) is 12.8. The summed E-state index contributed by atoms with van der Waals surface area (Å²) < 4.78 is 13.7. The van der Waals surface area contributed by atoms with Crippen LogP contribution in [0, 0.1) is 23.1 Å². The van der Waals surface area contributed by atoms with Gasteiger partial charge in [0, 0.05) is 17.9 Å². The average molecular weight is 241 g/mol. The summed E-state index contributed by atoms with van der Waals surface area (Å²) in [4.78, 5) is 0. The minimum atomic E-state index is -0.637. The van der Waals surface area contributed by atoms with Crippen molar-refractivity contribution in [2.24, 2.45) is 5.92 Å². The van der Waals surface area contributed by atoms with Crippen LogP contribution < -0.4 is 0 Å². The van der Waals surface area contributed by atoms with E-state index in [0.717, 1.165) is 10.9 Å². The molecule has 0 radical (unpaired) electrons. The van der Waals surface area contributed by atoms with Crippen molar-refractivity contribution in [3.63, 3.8) is 0 Å². The molecular formula is C15H12FNO. The van der Waals surface area contributed by atoms with E-state index in [2.05, 4.69) is 6.07 Å². The molecule has 0 amide bonds. The number of aliphatic hydroxyl groups is 1. The molecule has 2 atom stereocenters. The lowest BCUT2D eigenvalue weighted by Gasteiger charge is -2.12. The van der Waals surface area contributed by atoms with Crippen molar-refractivity contribution in [3.8, 4) is 6.07 Å². The second-order valence-corrected chi connectivity index (χ2v) is 4.81. The van der Waals surface area contributed by atoms with Crippen LogP contribution in [0.15, 0.2) is 36.4 Å². The number of aliphatic hydroxyl groups excluding tert-OH is 1. The Morgan fingerprint density at radius 3 is 2.61 bits per heavy atom. The minimum Gasteiger partial charge on any atom is -0.396 e. The summed E-state index contributed by atoms with van der Waals surface area (Å²) in [7, 11) is 0. The number of rotatable bonds is 2. The molecular weight excluding hydrogens is 229 g/mol. The molecule has 1 N–H and O–H groups in total. The first-order valence-corrected chi connectivity index (χ1v) is 5.93. The molecule has 0 bridgehead atoms. The van der Waals surface area contributed by atoms with Crippen LogP contribution in [0.25, 0.3) is 10.8 Å². The van der Waals surface area contributed by atoms with E-state index in [1.807, 2.05) is 12.1 Å². The molecule has 18 heavy (non-hydrogen) atoms. The molecule has 1 aliphatic rings. The Hall–Kier alpha value is -1.92. The third kappa shape index (κ3) is 1.36. The molecule has 0 spiro atoms. The van der Waals surface area contributed by atoms with Gasteiger partial charge in [0.15, 0.2) is 0 Å². The molecule has 2 nitrogen and oxygen atoms in total. The van der Waals surface area contributed by atoms with Gasteiger partial charge in [0.25, 0.3) is 0 Å². The standard InChI is InChI=1S/C15H12FNO/c16-14-6-5-13(11-3-1-2-4-12(11)14)15(9-17)7-10(15)8-18/h1-6,10,18H,7-8H2/t10-,15-/m1/s1. The lowest BCUT2D eigenvalue weighted by atomic mass is 9.90. The van der Waals surface area contributed by atoms with Crippen molar-refractivity contribution in [2.75, 3.05) is 6.61 Å². The Morgan fingerprint density at radius 2 is 2.00 bits per heavy atom. The van der Waals surface area contributed by atoms with Crippen LogP contribution >= 0.6 is 0 Å². The second kappa shape index (κ2) is 3.79. The van der Waals surface area contributed by atoms with E-state index in [4.69, 9.17) is 0 Å². The number of nitriles is 1. The number of hydrogen-bond acceptors (Lipinski definition) is 2. The molecule has 1 fully saturated rings. The highest BCUT2D eigenvalue weighted by molar-refractivity contribution is 5.88. The predicted octanol–water partition coefficient (Wildman–Crippen LogP) is 2.75. The van der Waals surface area contributed by atoms with Crippen molar-refractivity contribution in [3.05, 3.63) is 47.8 Å². The van der Waals surface area contributed by atoms with Gasteiger partial charge in [-0.3, -0.25) is 0 Å². The van der Waals surface area contributed by atoms with E-state index in [-0.39, 0.29) is 18.3 Å². The predicted molar refractivity (Wildman–Crippen MR) is 66.4 cm³/mol. The third-order valence-corrected chi connectivity index (χ3v) is 3.88. The van der Waals surface area contributed by atoms with E-state index in [0.29, 0.717) is 11.8 Å². The number of halogens is 1. The van der Waals surface area contributed by atoms with Gasteiger partial charge in [0.2, 0.25) is 0 Å². The molecule has 2 aromatic carbocycles. The highest BCUT2D eigenvalue weighted by Gasteiger charge is 2.56. The summed E-state index contributed by atoms with van der Waals surface area (Å²) in [6.07, 6.45) is 0.648. The van der Waals surface area contributed by atoms with Crippen molar-refractivity contribution >= 4 is 10.8 Å². The zero-order valence-electron chi connectivity index (χ0n) is 9.73. The molecule has 0 heterocycles. The lowest BCUT2D eigenvalue weighted by molar-refractivity contribution is 0.269. The van der Waals surface area contributed by atoms with Gasteiger partial charge < -0.3 is 5.11 Å². The quantitative estimate of drug-likeness (QED) is 0.878.